The number of carboxylic acid groups (broad SMARTS) is 1. The average Bonchev–Trinajstić information content (AvgIpc) is 3.77. The third kappa shape index (κ3) is 8.48. The fraction of sp³-hybridized carbons (Fsp3) is 0.300. The second kappa shape index (κ2) is 14.2. The summed E-state index contributed by atoms with van der Waals surface area (Å²) in [5, 5.41) is 16.6. The number of halogens is 4. The number of hydrogen-bond donors (Lipinski definition) is 3. The lowest BCUT2D eigenvalue weighted by molar-refractivity contribution is -0.132. The fourth-order valence-electron chi connectivity index (χ4n) is 4.11. The van der Waals surface area contributed by atoms with Gasteiger partial charge in [0.1, 0.15) is 24.8 Å². The quantitative estimate of drug-likeness (QED) is 0.258. The van der Waals surface area contributed by atoms with Gasteiger partial charge in [0.2, 0.25) is 0 Å². The topological polar surface area (TPSA) is 79.8 Å². The molecule has 10 heteroatoms. The minimum absolute atomic E-state index is 0.0165. The maximum atomic E-state index is 13.5. The van der Waals surface area contributed by atoms with Gasteiger partial charge in [-0.1, -0.05) is 41.9 Å². The first-order chi connectivity index (χ1) is 19.3. The number of nitrogens with one attached hydrogen (secondary N) is 2. The van der Waals surface area contributed by atoms with Crippen molar-refractivity contribution in [3.8, 4) is 11.5 Å². The Kier molecular flexibility index (Phi) is 10.5. The molecule has 6 nitrogen and oxygen atoms in total. The maximum absolute atomic E-state index is 13.5. The van der Waals surface area contributed by atoms with Gasteiger partial charge in [-0.2, -0.15) is 0 Å². The summed E-state index contributed by atoms with van der Waals surface area (Å²) in [6.45, 7) is 1.81. The van der Waals surface area contributed by atoms with E-state index in [1.807, 2.05) is 18.2 Å². The molecule has 1 aliphatic heterocycles. The van der Waals surface area contributed by atoms with Crippen LogP contribution in [0.5, 0.6) is 11.5 Å². The molecule has 2 aliphatic rings. The molecule has 1 aliphatic carbocycles. The van der Waals surface area contributed by atoms with Crippen LogP contribution in [-0.2, 0) is 11.3 Å². The van der Waals surface area contributed by atoms with Crippen LogP contribution in [0, 0.1) is 17.5 Å². The van der Waals surface area contributed by atoms with Crippen molar-refractivity contribution in [1.29, 1.82) is 0 Å². The van der Waals surface area contributed by atoms with E-state index in [2.05, 4.69) is 16.7 Å². The molecule has 40 heavy (non-hydrogen) atoms. The third-order valence-electron chi connectivity index (χ3n) is 6.36. The van der Waals surface area contributed by atoms with Crippen molar-refractivity contribution < 1.29 is 32.5 Å². The van der Waals surface area contributed by atoms with E-state index in [0.29, 0.717) is 43.0 Å². The largest absolute Gasteiger partial charge is 0.490 e. The number of aliphatic carboxylic acids is 1. The van der Waals surface area contributed by atoms with Crippen molar-refractivity contribution in [2.75, 3.05) is 26.3 Å². The van der Waals surface area contributed by atoms with Gasteiger partial charge in [-0.25, -0.2) is 18.0 Å². The molecule has 212 valence electrons. The Morgan fingerprint density at radius 1 is 1.00 bits per heavy atom. The molecule has 0 amide bonds. The molecule has 0 bridgehead atoms. The van der Waals surface area contributed by atoms with Crippen LogP contribution in [0.1, 0.15) is 30.4 Å². The van der Waals surface area contributed by atoms with Gasteiger partial charge < -0.3 is 25.2 Å². The van der Waals surface area contributed by atoms with Gasteiger partial charge in [-0.05, 0) is 60.7 Å². The summed E-state index contributed by atoms with van der Waals surface area (Å²) in [5.74, 6) is -4.36. The van der Waals surface area contributed by atoms with Crippen LogP contribution < -0.4 is 20.1 Å². The van der Waals surface area contributed by atoms with E-state index in [-0.39, 0.29) is 13.2 Å². The Labute approximate surface area is 235 Å². The summed E-state index contributed by atoms with van der Waals surface area (Å²) in [5.41, 5.74) is 3.13. The normalized spacial score (nSPS) is 14.8. The Balaban J connectivity index is 0.000000255. The summed E-state index contributed by atoms with van der Waals surface area (Å²) in [6, 6.07) is 16.7. The Morgan fingerprint density at radius 3 is 2.33 bits per heavy atom. The van der Waals surface area contributed by atoms with Gasteiger partial charge in [0.15, 0.2) is 17.4 Å². The molecule has 0 unspecified atom stereocenters. The highest BCUT2D eigenvalue weighted by Gasteiger charge is 2.20. The van der Waals surface area contributed by atoms with Gasteiger partial charge in [0.05, 0.1) is 5.57 Å². The zero-order chi connectivity index (χ0) is 28.5. The lowest BCUT2D eigenvalue weighted by Crippen LogP contribution is -2.28. The van der Waals surface area contributed by atoms with E-state index in [9.17, 15) is 23.1 Å². The smallest absolute Gasteiger partial charge is 0.333 e. The Morgan fingerprint density at radius 2 is 1.68 bits per heavy atom. The van der Waals surface area contributed by atoms with E-state index in [1.165, 1.54) is 18.4 Å². The molecular weight excluding hydrogens is 545 g/mol. The summed E-state index contributed by atoms with van der Waals surface area (Å²) in [4.78, 5) is 11.4. The zero-order valence-corrected chi connectivity index (χ0v) is 22.4. The van der Waals surface area contributed by atoms with E-state index in [1.54, 1.807) is 24.3 Å². The summed E-state index contributed by atoms with van der Waals surface area (Å²) in [6.07, 6.45) is 3.26. The van der Waals surface area contributed by atoms with Gasteiger partial charge in [-0.15, -0.1) is 0 Å². The van der Waals surface area contributed by atoms with E-state index in [0.717, 1.165) is 28.7 Å². The van der Waals surface area contributed by atoms with E-state index in [4.69, 9.17) is 21.1 Å². The van der Waals surface area contributed by atoms with Crippen molar-refractivity contribution in [3.05, 3.63) is 99.8 Å². The minimum atomic E-state index is -1.12. The maximum Gasteiger partial charge on any atom is 0.333 e. The second-order valence-corrected chi connectivity index (χ2v) is 9.76. The summed E-state index contributed by atoms with van der Waals surface area (Å²) >= 11 is 5.99. The summed E-state index contributed by atoms with van der Waals surface area (Å²) in [7, 11) is 0. The molecule has 0 atom stereocenters. The van der Waals surface area contributed by atoms with Crippen LogP contribution in [0.4, 0.5) is 13.2 Å². The van der Waals surface area contributed by atoms with Crippen molar-refractivity contribution in [2.45, 2.75) is 31.8 Å². The van der Waals surface area contributed by atoms with E-state index >= 15 is 0 Å². The lowest BCUT2D eigenvalue weighted by atomic mass is 9.94. The highest BCUT2D eigenvalue weighted by Crippen LogP contribution is 2.27. The van der Waals surface area contributed by atoms with Gasteiger partial charge in [-0.3, -0.25) is 0 Å². The number of carboxylic acids is 1. The van der Waals surface area contributed by atoms with Crippen LogP contribution >= 0.6 is 11.6 Å². The number of carbonyl (C=O) groups is 1. The SMILES string of the molecule is Clc1ccccc1CNC1CC1.O=C(O)C1=C(c2ccc(OCCOc3c(F)cc(F)cc3F)cc2)CCNC1. The predicted molar refractivity (Wildman–Crippen MR) is 147 cm³/mol. The molecule has 3 N–H and O–H groups in total. The first-order valence-electron chi connectivity index (χ1n) is 12.9. The molecule has 3 aromatic carbocycles. The van der Waals surface area contributed by atoms with Crippen LogP contribution in [0.2, 0.25) is 5.02 Å². The first kappa shape index (κ1) is 29.5. The number of rotatable bonds is 10. The number of ether oxygens (including phenoxy) is 2. The summed E-state index contributed by atoms with van der Waals surface area (Å²) < 4.78 is 50.2. The van der Waals surface area contributed by atoms with E-state index < -0.39 is 29.2 Å². The highest BCUT2D eigenvalue weighted by atomic mass is 35.5. The molecule has 0 aromatic heterocycles. The van der Waals surface area contributed by atoms with Gasteiger partial charge in [0, 0.05) is 36.3 Å². The lowest BCUT2D eigenvalue weighted by Gasteiger charge is -2.19. The van der Waals surface area contributed by atoms with Crippen LogP contribution in [0.3, 0.4) is 0 Å². The fourth-order valence-corrected chi connectivity index (χ4v) is 4.32. The molecule has 1 fully saturated rings. The van der Waals surface area contributed by atoms with Crippen molar-refractivity contribution >= 4 is 23.1 Å². The molecule has 5 rings (SSSR count). The minimum Gasteiger partial charge on any atom is -0.490 e. The van der Waals surface area contributed by atoms with Crippen LogP contribution in [-0.4, -0.2) is 43.4 Å². The molecule has 0 radical (unpaired) electrons. The molecule has 3 aromatic rings. The Hall–Kier alpha value is -3.53. The average molecular weight is 575 g/mol. The molecule has 0 spiro atoms. The van der Waals surface area contributed by atoms with Crippen molar-refractivity contribution in [3.63, 3.8) is 0 Å². The first-order valence-corrected chi connectivity index (χ1v) is 13.3. The van der Waals surface area contributed by atoms with Crippen LogP contribution in [0.15, 0.2) is 66.2 Å². The highest BCUT2D eigenvalue weighted by molar-refractivity contribution is 6.31. The predicted octanol–water partition coefficient (Wildman–Crippen LogP) is 5.99. The number of hydrogen-bond acceptors (Lipinski definition) is 5. The molecule has 1 heterocycles. The van der Waals surface area contributed by atoms with Crippen molar-refractivity contribution in [1.82, 2.24) is 10.6 Å². The molecule has 0 saturated heterocycles. The number of benzene rings is 3. The molecular formula is C30H30ClF3N2O4. The monoisotopic (exact) mass is 574 g/mol. The molecule has 1 saturated carbocycles. The van der Waals surface area contributed by atoms with Gasteiger partial charge >= 0.3 is 5.97 Å². The standard InChI is InChI=1S/C20H18F3NO4.C10H12ClN/c21-13-9-17(22)19(18(23)10-13)28-8-7-27-14-3-1-12(2-4-14)15-5-6-24-11-16(15)20(25)26;11-10-4-2-1-3-8(10)7-12-9-5-6-9/h1-4,9-10,24H,5-8,11H2,(H,25,26);1-4,9,12H,5-7H2. The van der Waals surface area contributed by atoms with Crippen molar-refractivity contribution in [2.24, 2.45) is 0 Å². The third-order valence-corrected chi connectivity index (χ3v) is 6.73. The zero-order valence-electron chi connectivity index (χ0n) is 21.7. The second-order valence-electron chi connectivity index (χ2n) is 9.36. The Bertz CT molecular complexity index is 1320. The van der Waals surface area contributed by atoms with Gasteiger partial charge in [0.25, 0.3) is 0 Å². The van der Waals surface area contributed by atoms with Crippen LogP contribution in [0.25, 0.3) is 5.57 Å².